The Labute approximate surface area is 87.0 Å². The van der Waals surface area contributed by atoms with Crippen molar-refractivity contribution in [1.29, 1.82) is 0 Å². The van der Waals surface area contributed by atoms with Crippen LogP contribution in [0, 0.1) is 0 Å². The molecule has 0 aromatic heterocycles. The molecule has 3 N–H and O–H groups in total. The van der Waals surface area contributed by atoms with Gasteiger partial charge in [-0.05, 0) is 12.8 Å². The van der Waals surface area contributed by atoms with Crippen molar-refractivity contribution in [2.45, 2.75) is 37.5 Å². The minimum absolute atomic E-state index is 0.0477. The second-order valence-corrected chi connectivity index (χ2v) is 3.84. The van der Waals surface area contributed by atoms with Gasteiger partial charge in [0.2, 0.25) is 0 Å². The molecule has 0 bridgehead atoms. The highest BCUT2D eigenvalue weighted by atomic mass is 19.4. The van der Waals surface area contributed by atoms with E-state index in [0.717, 1.165) is 19.3 Å². The first-order chi connectivity index (χ1) is 7.00. The molecule has 3 nitrogen and oxygen atoms in total. The van der Waals surface area contributed by atoms with Gasteiger partial charge in [-0.25, -0.2) is 0 Å². The fraction of sp³-hybridized carbons (Fsp3) is 1.00. The van der Waals surface area contributed by atoms with Crippen LogP contribution in [-0.4, -0.2) is 48.0 Å². The maximum Gasteiger partial charge on any atom is 0.405 e. The van der Waals surface area contributed by atoms with E-state index < -0.39 is 18.8 Å². The maximum absolute atomic E-state index is 12.6. The lowest BCUT2D eigenvalue weighted by Gasteiger charge is -2.42. The Morgan fingerprint density at radius 1 is 1.40 bits per heavy atom. The van der Waals surface area contributed by atoms with Crippen LogP contribution < -0.4 is 5.73 Å². The lowest BCUT2D eigenvalue weighted by Crippen LogP contribution is -2.56. The molecule has 90 valence electrons. The zero-order chi connectivity index (χ0) is 11.5. The van der Waals surface area contributed by atoms with Gasteiger partial charge in [0.15, 0.2) is 0 Å². The van der Waals surface area contributed by atoms with Gasteiger partial charge in [0.05, 0.1) is 6.61 Å². The van der Waals surface area contributed by atoms with Crippen molar-refractivity contribution in [3.63, 3.8) is 0 Å². The molecule has 0 aliphatic heterocycles. The van der Waals surface area contributed by atoms with Crippen molar-refractivity contribution in [3.8, 4) is 0 Å². The fourth-order valence-corrected chi connectivity index (χ4v) is 1.88. The molecule has 0 amide bonds. The first kappa shape index (κ1) is 12.7. The largest absolute Gasteiger partial charge is 0.405 e. The summed E-state index contributed by atoms with van der Waals surface area (Å²) in [7, 11) is 0. The van der Waals surface area contributed by atoms with Crippen molar-refractivity contribution in [2.24, 2.45) is 5.73 Å². The summed E-state index contributed by atoms with van der Waals surface area (Å²) in [6.07, 6.45) is -1.81. The van der Waals surface area contributed by atoms with E-state index in [0.29, 0.717) is 0 Å². The van der Waals surface area contributed by atoms with Crippen molar-refractivity contribution in [2.75, 3.05) is 19.7 Å². The number of nitrogens with zero attached hydrogens (tertiary/aromatic N) is 1. The molecule has 15 heavy (non-hydrogen) atoms. The molecule has 1 atom stereocenters. The minimum Gasteiger partial charge on any atom is -0.395 e. The van der Waals surface area contributed by atoms with E-state index >= 15 is 0 Å². The highest BCUT2D eigenvalue weighted by Crippen LogP contribution is 2.32. The second kappa shape index (κ2) is 5.14. The van der Waals surface area contributed by atoms with Gasteiger partial charge in [-0.15, -0.1) is 0 Å². The molecule has 0 aromatic rings. The molecule has 1 fully saturated rings. The molecule has 0 spiro atoms. The lowest BCUT2D eigenvalue weighted by molar-refractivity contribution is -0.191. The Hall–Kier alpha value is -0.330. The summed E-state index contributed by atoms with van der Waals surface area (Å²) in [6.45, 7) is -0.658. The number of halogens is 3. The number of rotatable bonds is 5. The number of aliphatic hydroxyl groups excluding tert-OH is 1. The van der Waals surface area contributed by atoms with Gasteiger partial charge in [-0.1, -0.05) is 6.42 Å². The molecule has 0 heterocycles. The van der Waals surface area contributed by atoms with Gasteiger partial charge in [0, 0.05) is 19.1 Å². The number of hydrogen-bond acceptors (Lipinski definition) is 3. The van der Waals surface area contributed by atoms with Crippen LogP contribution in [0.15, 0.2) is 0 Å². The van der Waals surface area contributed by atoms with Crippen molar-refractivity contribution in [3.05, 3.63) is 0 Å². The Kier molecular flexibility index (Phi) is 4.36. The quantitative estimate of drug-likeness (QED) is 0.726. The lowest BCUT2D eigenvalue weighted by atomic mass is 9.90. The van der Waals surface area contributed by atoms with Crippen LogP contribution in [0.3, 0.4) is 0 Å². The smallest absolute Gasteiger partial charge is 0.395 e. The summed E-state index contributed by atoms with van der Waals surface area (Å²) in [5, 5.41) is 8.77. The van der Waals surface area contributed by atoms with Gasteiger partial charge in [0.1, 0.15) is 6.04 Å². The normalized spacial score (nSPS) is 20.4. The standard InChI is InChI=1S/C9H17F3N2O/c10-9(11,12)8(6-13)14(4-5-15)7-2-1-3-7/h7-8,15H,1-6,13H2. The molecule has 1 aliphatic carbocycles. The SMILES string of the molecule is NCC(N(CCO)C1CCC1)C(F)(F)F. The minimum atomic E-state index is -4.31. The first-order valence-electron chi connectivity index (χ1n) is 5.14. The molecule has 0 saturated heterocycles. The molecule has 1 rings (SSSR count). The molecule has 1 unspecified atom stereocenters. The second-order valence-electron chi connectivity index (χ2n) is 3.84. The summed E-state index contributed by atoms with van der Waals surface area (Å²) in [5.41, 5.74) is 5.16. The van der Waals surface area contributed by atoms with Crippen molar-refractivity contribution in [1.82, 2.24) is 4.90 Å². The Balaban J connectivity index is 2.66. The van der Waals surface area contributed by atoms with Crippen LogP contribution in [0.2, 0.25) is 0 Å². The van der Waals surface area contributed by atoms with Gasteiger partial charge in [-0.2, -0.15) is 13.2 Å². The molecular formula is C9H17F3N2O. The van der Waals surface area contributed by atoms with E-state index in [-0.39, 0.29) is 19.2 Å². The van der Waals surface area contributed by atoms with Gasteiger partial charge in [0.25, 0.3) is 0 Å². The summed E-state index contributed by atoms with van der Waals surface area (Å²) in [6, 6.07) is -1.68. The summed E-state index contributed by atoms with van der Waals surface area (Å²) < 4.78 is 37.8. The predicted molar refractivity (Wildman–Crippen MR) is 50.3 cm³/mol. The zero-order valence-electron chi connectivity index (χ0n) is 8.50. The predicted octanol–water partition coefficient (Wildman–Crippen LogP) is 0.723. The third-order valence-corrected chi connectivity index (χ3v) is 2.90. The van der Waals surface area contributed by atoms with Crippen LogP contribution in [0.1, 0.15) is 19.3 Å². The monoisotopic (exact) mass is 226 g/mol. The van der Waals surface area contributed by atoms with Gasteiger partial charge >= 0.3 is 6.18 Å². The molecule has 1 saturated carbocycles. The maximum atomic E-state index is 12.6. The van der Waals surface area contributed by atoms with Gasteiger partial charge < -0.3 is 10.8 Å². The fourth-order valence-electron chi connectivity index (χ4n) is 1.88. The third kappa shape index (κ3) is 3.06. The van der Waals surface area contributed by atoms with Gasteiger partial charge in [-0.3, -0.25) is 4.90 Å². The van der Waals surface area contributed by atoms with Crippen molar-refractivity contribution < 1.29 is 18.3 Å². The average Bonchev–Trinajstić information content (AvgIpc) is 1.99. The number of nitrogens with two attached hydrogens (primary N) is 1. The zero-order valence-corrected chi connectivity index (χ0v) is 8.50. The van der Waals surface area contributed by atoms with Crippen LogP contribution in [-0.2, 0) is 0 Å². The molecule has 6 heteroatoms. The first-order valence-corrected chi connectivity index (χ1v) is 5.14. The van der Waals surface area contributed by atoms with Crippen LogP contribution >= 0.6 is 0 Å². The van der Waals surface area contributed by atoms with E-state index in [9.17, 15) is 13.2 Å². The summed E-state index contributed by atoms with van der Waals surface area (Å²) in [4.78, 5) is 1.30. The van der Waals surface area contributed by atoms with E-state index in [4.69, 9.17) is 10.8 Å². The Bertz CT molecular complexity index is 194. The van der Waals surface area contributed by atoms with E-state index in [1.54, 1.807) is 0 Å². The van der Waals surface area contributed by atoms with Crippen LogP contribution in [0.5, 0.6) is 0 Å². The number of aliphatic hydroxyl groups is 1. The molecule has 0 radical (unpaired) electrons. The van der Waals surface area contributed by atoms with Crippen LogP contribution in [0.25, 0.3) is 0 Å². The Morgan fingerprint density at radius 2 is 2.00 bits per heavy atom. The highest BCUT2D eigenvalue weighted by Gasteiger charge is 2.45. The molecular weight excluding hydrogens is 209 g/mol. The molecule has 0 aromatic carbocycles. The van der Waals surface area contributed by atoms with Crippen molar-refractivity contribution >= 4 is 0 Å². The third-order valence-electron chi connectivity index (χ3n) is 2.90. The summed E-state index contributed by atoms with van der Waals surface area (Å²) >= 11 is 0. The topological polar surface area (TPSA) is 49.5 Å². The number of alkyl halides is 3. The van der Waals surface area contributed by atoms with E-state index in [1.165, 1.54) is 4.90 Å². The average molecular weight is 226 g/mol. The molecule has 1 aliphatic rings. The number of hydrogen-bond donors (Lipinski definition) is 2. The summed E-state index contributed by atoms with van der Waals surface area (Å²) in [5.74, 6) is 0. The van der Waals surface area contributed by atoms with E-state index in [1.807, 2.05) is 0 Å². The highest BCUT2D eigenvalue weighted by molar-refractivity contribution is 4.88. The Morgan fingerprint density at radius 3 is 2.27 bits per heavy atom. The van der Waals surface area contributed by atoms with Crippen LogP contribution in [0.4, 0.5) is 13.2 Å². The van der Waals surface area contributed by atoms with E-state index in [2.05, 4.69) is 0 Å².